The van der Waals surface area contributed by atoms with Gasteiger partial charge in [-0.1, -0.05) is 37.8 Å². The van der Waals surface area contributed by atoms with E-state index in [0.29, 0.717) is 32.8 Å². The highest BCUT2D eigenvalue weighted by atomic mass is 32.2. The number of aliphatic carboxylic acids is 1. The Labute approximate surface area is 202 Å². The van der Waals surface area contributed by atoms with Gasteiger partial charge in [0.2, 0.25) is 0 Å². The molecule has 33 heavy (non-hydrogen) atoms. The number of hydrogen-bond donors (Lipinski definition) is 1. The summed E-state index contributed by atoms with van der Waals surface area (Å²) >= 11 is 6.44. The van der Waals surface area contributed by atoms with Crippen molar-refractivity contribution in [1.29, 1.82) is 5.26 Å². The largest absolute Gasteiger partial charge is 0.481 e. The monoisotopic (exact) mass is 488 g/mol. The van der Waals surface area contributed by atoms with Crippen LogP contribution in [0.15, 0.2) is 9.70 Å². The summed E-state index contributed by atoms with van der Waals surface area (Å²) in [6, 6.07) is 2.05. The molecule has 3 heterocycles. The summed E-state index contributed by atoms with van der Waals surface area (Å²) < 4.78 is 1.97. The smallest absolute Gasteiger partial charge is 0.305 e. The number of thiocarbonyl (C=S) groups is 1. The van der Waals surface area contributed by atoms with Crippen LogP contribution in [0.3, 0.4) is 0 Å². The average molecular weight is 489 g/mol. The van der Waals surface area contributed by atoms with Gasteiger partial charge in [-0.25, -0.2) is 0 Å². The first kappa shape index (κ1) is 25.0. The standard InChI is InChI=1S/C23H28N4O4S2/c1-4-8-26-20(25-9-5-6-14(2)13-25)16(15(3)17(12-24)21(26)30)11-18-22(31)27(23(32)33-18)10-7-19(28)29/h11,14H,4-10,13H2,1-3H3,(H,28,29)/b18-11-. The van der Waals surface area contributed by atoms with E-state index in [4.69, 9.17) is 17.3 Å². The number of carboxylic acids is 1. The van der Waals surface area contributed by atoms with Gasteiger partial charge in [0.15, 0.2) is 0 Å². The SMILES string of the molecule is CCCn1c(N2CCCC(C)C2)c(/C=C2\SC(=S)N(CCC(=O)O)C2=O)c(C)c(C#N)c1=O. The molecular formula is C23H28N4O4S2. The number of hydrogen-bond acceptors (Lipinski definition) is 7. The number of thioether (sulfide) groups is 1. The van der Waals surface area contributed by atoms with Crippen LogP contribution in [0.5, 0.6) is 0 Å². The molecule has 1 atom stereocenters. The van der Waals surface area contributed by atoms with Crippen LogP contribution in [-0.4, -0.2) is 50.4 Å². The fraction of sp³-hybridized carbons (Fsp3) is 0.522. The number of aromatic nitrogens is 1. The lowest BCUT2D eigenvalue weighted by atomic mass is 9.98. The molecule has 0 saturated carbocycles. The fourth-order valence-electron chi connectivity index (χ4n) is 4.33. The molecule has 8 nitrogen and oxygen atoms in total. The zero-order chi connectivity index (χ0) is 24.3. The van der Waals surface area contributed by atoms with Crippen molar-refractivity contribution in [2.75, 3.05) is 24.5 Å². The molecule has 0 radical (unpaired) electrons. The van der Waals surface area contributed by atoms with E-state index in [1.807, 2.05) is 6.92 Å². The van der Waals surface area contributed by atoms with Crippen molar-refractivity contribution in [3.05, 3.63) is 31.9 Å². The third-order valence-electron chi connectivity index (χ3n) is 5.95. The first-order valence-electron chi connectivity index (χ1n) is 11.1. The average Bonchev–Trinajstić information content (AvgIpc) is 3.03. The minimum atomic E-state index is -1.00. The summed E-state index contributed by atoms with van der Waals surface area (Å²) in [6.07, 6.45) is 4.35. The number of amides is 1. The summed E-state index contributed by atoms with van der Waals surface area (Å²) in [6.45, 7) is 7.95. The Morgan fingerprint density at radius 1 is 1.36 bits per heavy atom. The minimum absolute atomic E-state index is 0.00555. The number of carboxylic acid groups (broad SMARTS) is 1. The van der Waals surface area contributed by atoms with Crippen LogP contribution in [0.2, 0.25) is 0 Å². The molecule has 1 unspecified atom stereocenters. The second kappa shape index (κ2) is 10.5. The van der Waals surface area contributed by atoms with Gasteiger partial charge in [-0.2, -0.15) is 5.26 Å². The Morgan fingerprint density at radius 2 is 2.09 bits per heavy atom. The molecule has 0 aliphatic carbocycles. The zero-order valence-corrected chi connectivity index (χ0v) is 20.7. The molecule has 10 heteroatoms. The van der Waals surface area contributed by atoms with E-state index < -0.39 is 5.97 Å². The molecule has 2 aliphatic rings. The number of piperidine rings is 1. The maximum Gasteiger partial charge on any atom is 0.305 e. The normalized spacial score (nSPS) is 19.9. The van der Waals surface area contributed by atoms with Gasteiger partial charge >= 0.3 is 5.97 Å². The summed E-state index contributed by atoms with van der Waals surface area (Å²) in [5.41, 5.74) is 0.979. The van der Waals surface area contributed by atoms with E-state index in [9.17, 15) is 19.6 Å². The van der Waals surface area contributed by atoms with Gasteiger partial charge in [0, 0.05) is 31.7 Å². The predicted molar refractivity (Wildman–Crippen MR) is 133 cm³/mol. The van der Waals surface area contributed by atoms with Crippen molar-refractivity contribution in [3.8, 4) is 6.07 Å². The highest BCUT2D eigenvalue weighted by Gasteiger charge is 2.33. The highest BCUT2D eigenvalue weighted by Crippen LogP contribution is 2.36. The van der Waals surface area contributed by atoms with Crippen LogP contribution in [0, 0.1) is 24.2 Å². The molecule has 0 spiro atoms. The molecule has 3 rings (SSSR count). The topological polar surface area (TPSA) is 107 Å². The van der Waals surface area contributed by atoms with Gasteiger partial charge in [0.05, 0.1) is 11.3 Å². The second-order valence-electron chi connectivity index (χ2n) is 8.48. The number of carbonyl (C=O) groups is 2. The van der Waals surface area contributed by atoms with Crippen molar-refractivity contribution >= 4 is 52.1 Å². The van der Waals surface area contributed by atoms with E-state index in [1.165, 1.54) is 4.90 Å². The predicted octanol–water partition coefficient (Wildman–Crippen LogP) is 3.35. The summed E-state index contributed by atoms with van der Waals surface area (Å²) in [4.78, 5) is 41.0. The summed E-state index contributed by atoms with van der Waals surface area (Å²) in [5, 5.41) is 18.7. The Hall–Kier alpha value is -2.64. The van der Waals surface area contributed by atoms with Crippen molar-refractivity contribution in [3.63, 3.8) is 0 Å². The molecule has 1 aromatic rings. The number of pyridine rings is 1. The molecule has 2 aliphatic heterocycles. The Kier molecular flexibility index (Phi) is 7.97. The van der Waals surface area contributed by atoms with Crippen molar-refractivity contribution in [2.45, 2.75) is 53.0 Å². The zero-order valence-electron chi connectivity index (χ0n) is 19.1. The molecule has 1 N–H and O–H groups in total. The van der Waals surface area contributed by atoms with Gasteiger partial charge in [-0.15, -0.1) is 0 Å². The van der Waals surface area contributed by atoms with Gasteiger partial charge in [-0.3, -0.25) is 23.9 Å². The highest BCUT2D eigenvalue weighted by molar-refractivity contribution is 8.26. The molecule has 1 aromatic heterocycles. The molecule has 1 amide bonds. The lowest BCUT2D eigenvalue weighted by Crippen LogP contribution is -2.40. The van der Waals surface area contributed by atoms with Gasteiger partial charge in [0.1, 0.15) is 21.8 Å². The third kappa shape index (κ3) is 5.14. The van der Waals surface area contributed by atoms with Crippen molar-refractivity contribution in [2.24, 2.45) is 5.92 Å². The van der Waals surface area contributed by atoms with Crippen LogP contribution in [-0.2, 0) is 16.1 Å². The third-order valence-corrected chi connectivity index (χ3v) is 7.33. The van der Waals surface area contributed by atoms with Gasteiger partial charge < -0.3 is 10.0 Å². The Balaban J connectivity index is 2.18. The van der Waals surface area contributed by atoms with Crippen molar-refractivity contribution in [1.82, 2.24) is 9.47 Å². The van der Waals surface area contributed by atoms with E-state index in [-0.39, 0.29) is 30.0 Å². The van der Waals surface area contributed by atoms with Gasteiger partial charge in [0.25, 0.3) is 11.5 Å². The summed E-state index contributed by atoms with van der Waals surface area (Å²) in [7, 11) is 0. The first-order valence-corrected chi connectivity index (χ1v) is 12.3. The number of carbonyl (C=O) groups excluding carboxylic acids is 1. The van der Waals surface area contributed by atoms with E-state index in [1.54, 1.807) is 17.6 Å². The summed E-state index contributed by atoms with van der Waals surface area (Å²) in [5.74, 6) is -0.159. The number of nitrogens with zero attached hydrogens (tertiary/aromatic N) is 4. The molecular weight excluding hydrogens is 460 g/mol. The van der Waals surface area contributed by atoms with Crippen LogP contribution >= 0.6 is 24.0 Å². The van der Waals surface area contributed by atoms with Crippen molar-refractivity contribution < 1.29 is 14.7 Å². The Morgan fingerprint density at radius 3 is 2.70 bits per heavy atom. The lowest BCUT2D eigenvalue weighted by molar-refractivity contribution is -0.137. The lowest BCUT2D eigenvalue weighted by Gasteiger charge is -2.36. The van der Waals surface area contributed by atoms with Crippen LogP contribution in [0.4, 0.5) is 5.82 Å². The number of anilines is 1. The molecule has 2 saturated heterocycles. The quantitative estimate of drug-likeness (QED) is 0.460. The second-order valence-corrected chi connectivity index (χ2v) is 10.2. The van der Waals surface area contributed by atoms with Crippen LogP contribution in [0.25, 0.3) is 6.08 Å². The fourth-order valence-corrected chi connectivity index (χ4v) is 5.62. The first-order chi connectivity index (χ1) is 15.7. The van der Waals surface area contributed by atoms with Gasteiger partial charge in [-0.05, 0) is 43.7 Å². The van der Waals surface area contributed by atoms with E-state index in [2.05, 4.69) is 17.9 Å². The van der Waals surface area contributed by atoms with Crippen LogP contribution in [0.1, 0.15) is 56.2 Å². The maximum absolute atomic E-state index is 13.2. The Bertz CT molecular complexity index is 1120. The number of nitriles is 1. The minimum Gasteiger partial charge on any atom is -0.481 e. The maximum atomic E-state index is 13.2. The van der Waals surface area contributed by atoms with E-state index in [0.717, 1.165) is 49.9 Å². The van der Waals surface area contributed by atoms with Crippen LogP contribution < -0.4 is 10.5 Å². The molecule has 0 aromatic carbocycles. The molecule has 2 fully saturated rings. The number of rotatable bonds is 7. The molecule has 176 valence electrons. The molecule has 0 bridgehead atoms. The van der Waals surface area contributed by atoms with E-state index >= 15 is 0 Å².